The monoisotopic (exact) mass is 374 g/mol. The van der Waals surface area contributed by atoms with Gasteiger partial charge in [0, 0.05) is 21.3 Å². The molecule has 1 aromatic carbocycles. The van der Waals surface area contributed by atoms with E-state index in [0.29, 0.717) is 5.95 Å². The highest BCUT2D eigenvalue weighted by molar-refractivity contribution is 14.1. The van der Waals surface area contributed by atoms with Crippen molar-refractivity contribution < 1.29 is 0 Å². The van der Waals surface area contributed by atoms with Crippen LogP contribution in [0.3, 0.4) is 0 Å². The number of benzene rings is 1. The highest BCUT2D eigenvalue weighted by Crippen LogP contribution is 2.24. The summed E-state index contributed by atoms with van der Waals surface area (Å²) in [5, 5.41) is 7.04. The van der Waals surface area contributed by atoms with E-state index in [1.54, 1.807) is 6.20 Å². The van der Waals surface area contributed by atoms with Crippen molar-refractivity contribution in [3.63, 3.8) is 0 Å². The lowest BCUT2D eigenvalue weighted by molar-refractivity contribution is 1.09. The molecule has 1 heterocycles. The fourth-order valence-electron chi connectivity index (χ4n) is 1.40. The third-order valence-electron chi connectivity index (χ3n) is 2.18. The predicted molar refractivity (Wildman–Crippen MR) is 83.6 cm³/mol. The summed E-state index contributed by atoms with van der Waals surface area (Å²) >= 11 is 8.15. The average molecular weight is 375 g/mol. The quantitative estimate of drug-likeness (QED) is 0.797. The minimum absolute atomic E-state index is 0.617. The van der Waals surface area contributed by atoms with E-state index in [9.17, 15) is 0 Å². The third-order valence-corrected chi connectivity index (χ3v) is 3.31. The molecule has 0 aliphatic carbocycles. The number of rotatable bonds is 4. The Morgan fingerprint density at radius 1 is 1.33 bits per heavy atom. The van der Waals surface area contributed by atoms with Crippen LogP contribution in [-0.4, -0.2) is 16.5 Å². The molecule has 18 heavy (non-hydrogen) atoms. The van der Waals surface area contributed by atoms with Gasteiger partial charge in [0.1, 0.15) is 5.82 Å². The zero-order chi connectivity index (χ0) is 13.0. The van der Waals surface area contributed by atoms with Gasteiger partial charge < -0.3 is 10.6 Å². The molecule has 0 aliphatic heterocycles. The van der Waals surface area contributed by atoms with Gasteiger partial charge in [-0.25, -0.2) is 4.98 Å². The highest BCUT2D eigenvalue weighted by Gasteiger charge is 2.03. The molecule has 0 saturated heterocycles. The van der Waals surface area contributed by atoms with Crippen LogP contribution in [0.4, 0.5) is 17.5 Å². The molecule has 0 unspecified atom stereocenters. The Balaban J connectivity index is 2.20. The van der Waals surface area contributed by atoms with Crippen LogP contribution in [0.1, 0.15) is 6.92 Å². The number of halogens is 2. The molecule has 2 N–H and O–H groups in total. The molecule has 0 radical (unpaired) electrons. The smallest absolute Gasteiger partial charge is 0.224 e. The molecule has 0 spiro atoms. The van der Waals surface area contributed by atoms with Crippen molar-refractivity contribution in [2.45, 2.75) is 6.92 Å². The molecule has 6 heteroatoms. The van der Waals surface area contributed by atoms with Crippen molar-refractivity contribution in [3.05, 3.63) is 39.1 Å². The van der Waals surface area contributed by atoms with Crippen LogP contribution in [0.15, 0.2) is 30.5 Å². The first-order valence-electron chi connectivity index (χ1n) is 5.48. The van der Waals surface area contributed by atoms with Crippen LogP contribution in [0.2, 0.25) is 5.02 Å². The number of nitrogens with zero attached hydrogens (tertiary/aromatic N) is 2. The number of anilines is 3. The molecule has 0 fully saturated rings. The normalized spacial score (nSPS) is 10.2. The summed E-state index contributed by atoms with van der Waals surface area (Å²) < 4.78 is 1.05. The SMILES string of the molecule is CCNc1nccc(Nc2ccc(Cl)cc2I)n1. The molecule has 0 atom stereocenters. The third kappa shape index (κ3) is 3.46. The summed E-state index contributed by atoms with van der Waals surface area (Å²) in [6.07, 6.45) is 1.72. The van der Waals surface area contributed by atoms with Crippen LogP contribution in [0.25, 0.3) is 0 Å². The largest absolute Gasteiger partial charge is 0.354 e. The minimum atomic E-state index is 0.617. The fourth-order valence-corrected chi connectivity index (χ4v) is 2.41. The van der Waals surface area contributed by atoms with Gasteiger partial charge in [0.05, 0.1) is 5.69 Å². The Bertz CT molecular complexity index is 547. The van der Waals surface area contributed by atoms with E-state index in [1.165, 1.54) is 0 Å². The Hall–Kier alpha value is -1.08. The van der Waals surface area contributed by atoms with Crippen molar-refractivity contribution in [3.8, 4) is 0 Å². The van der Waals surface area contributed by atoms with Gasteiger partial charge in [-0.3, -0.25) is 0 Å². The van der Waals surface area contributed by atoms with Crippen molar-refractivity contribution in [1.29, 1.82) is 0 Å². The molecule has 0 amide bonds. The summed E-state index contributed by atoms with van der Waals surface area (Å²) in [6, 6.07) is 7.50. The lowest BCUT2D eigenvalue weighted by atomic mass is 10.3. The van der Waals surface area contributed by atoms with Gasteiger partial charge in [-0.2, -0.15) is 4.98 Å². The zero-order valence-electron chi connectivity index (χ0n) is 9.74. The Morgan fingerprint density at radius 2 is 2.17 bits per heavy atom. The van der Waals surface area contributed by atoms with Crippen LogP contribution in [0.5, 0.6) is 0 Å². The van der Waals surface area contributed by atoms with Gasteiger partial charge in [-0.05, 0) is 53.8 Å². The second kappa shape index (κ2) is 6.19. The molecule has 1 aromatic heterocycles. The molecule has 2 aromatic rings. The summed E-state index contributed by atoms with van der Waals surface area (Å²) in [5.41, 5.74) is 0.973. The maximum Gasteiger partial charge on any atom is 0.224 e. The summed E-state index contributed by atoms with van der Waals surface area (Å²) in [7, 11) is 0. The summed E-state index contributed by atoms with van der Waals surface area (Å²) in [6.45, 7) is 2.80. The predicted octanol–water partition coefficient (Wildman–Crippen LogP) is 3.91. The second-order valence-electron chi connectivity index (χ2n) is 3.54. The van der Waals surface area contributed by atoms with Gasteiger partial charge in [0.2, 0.25) is 5.95 Å². The number of hydrogen-bond acceptors (Lipinski definition) is 4. The van der Waals surface area contributed by atoms with Crippen LogP contribution < -0.4 is 10.6 Å². The van der Waals surface area contributed by atoms with E-state index in [2.05, 4.69) is 43.2 Å². The number of hydrogen-bond donors (Lipinski definition) is 2. The summed E-state index contributed by atoms with van der Waals surface area (Å²) in [4.78, 5) is 8.47. The lowest BCUT2D eigenvalue weighted by Crippen LogP contribution is -2.04. The summed E-state index contributed by atoms with van der Waals surface area (Å²) in [5.74, 6) is 1.37. The number of nitrogens with one attached hydrogen (secondary N) is 2. The molecular formula is C12H12ClIN4. The van der Waals surface area contributed by atoms with E-state index in [-0.39, 0.29) is 0 Å². The topological polar surface area (TPSA) is 49.8 Å². The molecule has 0 saturated carbocycles. The van der Waals surface area contributed by atoms with Crippen molar-refractivity contribution in [2.24, 2.45) is 0 Å². The number of aromatic nitrogens is 2. The van der Waals surface area contributed by atoms with E-state index < -0.39 is 0 Å². The van der Waals surface area contributed by atoms with Gasteiger partial charge in [-0.1, -0.05) is 11.6 Å². The van der Waals surface area contributed by atoms with Crippen LogP contribution in [0, 0.1) is 3.57 Å². The molecular weight excluding hydrogens is 363 g/mol. The van der Waals surface area contributed by atoms with Gasteiger partial charge >= 0.3 is 0 Å². The molecule has 0 aliphatic rings. The van der Waals surface area contributed by atoms with Crippen molar-refractivity contribution in [1.82, 2.24) is 9.97 Å². The maximum atomic E-state index is 5.92. The molecule has 94 valence electrons. The van der Waals surface area contributed by atoms with Crippen LogP contribution in [-0.2, 0) is 0 Å². The molecule has 2 rings (SSSR count). The van der Waals surface area contributed by atoms with Gasteiger partial charge in [0.25, 0.3) is 0 Å². The Labute approximate surface area is 124 Å². The molecule has 0 bridgehead atoms. The van der Waals surface area contributed by atoms with Crippen LogP contribution >= 0.6 is 34.2 Å². The van der Waals surface area contributed by atoms with E-state index in [4.69, 9.17) is 11.6 Å². The van der Waals surface area contributed by atoms with Gasteiger partial charge in [-0.15, -0.1) is 0 Å². The average Bonchev–Trinajstić information content (AvgIpc) is 2.34. The first-order chi connectivity index (χ1) is 8.69. The Kier molecular flexibility index (Phi) is 4.60. The van der Waals surface area contributed by atoms with E-state index in [0.717, 1.165) is 26.6 Å². The van der Waals surface area contributed by atoms with Crippen molar-refractivity contribution in [2.75, 3.05) is 17.2 Å². The first kappa shape index (κ1) is 13.4. The minimum Gasteiger partial charge on any atom is -0.354 e. The lowest BCUT2D eigenvalue weighted by Gasteiger charge is -2.09. The van der Waals surface area contributed by atoms with E-state index >= 15 is 0 Å². The fraction of sp³-hybridized carbons (Fsp3) is 0.167. The Morgan fingerprint density at radius 3 is 2.89 bits per heavy atom. The maximum absolute atomic E-state index is 5.92. The van der Waals surface area contributed by atoms with E-state index in [1.807, 2.05) is 31.2 Å². The zero-order valence-corrected chi connectivity index (χ0v) is 12.7. The highest BCUT2D eigenvalue weighted by atomic mass is 127. The molecule has 4 nitrogen and oxygen atoms in total. The van der Waals surface area contributed by atoms with Crippen molar-refractivity contribution >= 4 is 51.6 Å². The standard InChI is InChI=1S/C12H12ClIN4/c1-2-15-12-16-6-5-11(18-12)17-10-4-3-8(13)7-9(10)14/h3-7H,2H2,1H3,(H2,15,16,17,18). The second-order valence-corrected chi connectivity index (χ2v) is 5.14. The first-order valence-corrected chi connectivity index (χ1v) is 6.93. The van der Waals surface area contributed by atoms with Gasteiger partial charge in [0.15, 0.2) is 0 Å².